The third kappa shape index (κ3) is 2.26. The summed E-state index contributed by atoms with van der Waals surface area (Å²) in [6.45, 7) is 9.46. The van der Waals surface area contributed by atoms with E-state index in [0.717, 1.165) is 0 Å². The molecule has 0 aromatic rings. The van der Waals surface area contributed by atoms with Crippen LogP contribution in [0.1, 0.15) is 29.1 Å². The van der Waals surface area contributed by atoms with Crippen LogP contribution in [0.5, 0.6) is 0 Å². The average Bonchev–Trinajstić information content (AvgIpc) is 1.95. The van der Waals surface area contributed by atoms with Crippen LogP contribution in [0.25, 0.3) is 0 Å². The molecular weight excluding hydrogens is 127 g/mol. The van der Waals surface area contributed by atoms with Gasteiger partial charge in [-0.3, -0.25) is 0 Å². The Morgan fingerprint density at radius 2 is 1.00 bits per heavy atom. The fourth-order valence-electron chi connectivity index (χ4n) is 1.50. The number of rotatable bonds is 4. The molecule has 0 aliphatic heterocycles. The van der Waals surface area contributed by atoms with Crippen molar-refractivity contribution in [2.75, 3.05) is 24.6 Å². The SMILES string of the molecule is CC[PH](CC)(CC)CC.[H]. The third-order valence-electron chi connectivity index (χ3n) is 3.00. The van der Waals surface area contributed by atoms with Crippen LogP contribution in [0, 0.1) is 0 Å². The van der Waals surface area contributed by atoms with Crippen molar-refractivity contribution in [3.63, 3.8) is 0 Å². The Morgan fingerprint density at radius 3 is 1.00 bits per heavy atom. The Morgan fingerprint density at radius 1 is 0.778 bits per heavy atom. The monoisotopic (exact) mass is 149 g/mol. The van der Waals surface area contributed by atoms with Gasteiger partial charge in [0.25, 0.3) is 0 Å². The molecule has 1 radical (unpaired) electrons. The standard InChI is InChI=1S/C8H21P.H/c1-5-9(6-2,7-3)8-4;/h9H,5-8H2,1-4H3;. The topological polar surface area (TPSA) is 0 Å². The van der Waals surface area contributed by atoms with Crippen molar-refractivity contribution in [3.05, 3.63) is 0 Å². The Bertz CT molecular complexity index is 52.1. The number of hydrogen-bond acceptors (Lipinski definition) is 0. The maximum absolute atomic E-state index is 2.36. The molecule has 0 nitrogen and oxygen atoms in total. The van der Waals surface area contributed by atoms with Crippen molar-refractivity contribution >= 4 is 7.26 Å². The summed E-state index contributed by atoms with van der Waals surface area (Å²) in [5.41, 5.74) is 0. The second kappa shape index (κ2) is 4.28. The predicted molar refractivity (Wildman–Crippen MR) is 51.6 cm³/mol. The third-order valence-corrected chi connectivity index (χ3v) is 9.00. The van der Waals surface area contributed by atoms with E-state index in [2.05, 4.69) is 27.7 Å². The van der Waals surface area contributed by atoms with Gasteiger partial charge in [-0.2, -0.15) is 0 Å². The molecule has 0 atom stereocenters. The van der Waals surface area contributed by atoms with E-state index >= 15 is 0 Å². The van der Waals surface area contributed by atoms with Gasteiger partial charge < -0.3 is 0 Å². The van der Waals surface area contributed by atoms with Crippen LogP contribution in [0.4, 0.5) is 0 Å². The molecule has 0 saturated heterocycles. The Balaban J connectivity index is 0. The molecular formula is C8H22P. The smallest absolute Gasteiger partial charge is 0 e. The molecule has 59 valence electrons. The van der Waals surface area contributed by atoms with Gasteiger partial charge in [-0.15, -0.1) is 0 Å². The summed E-state index contributed by atoms with van der Waals surface area (Å²) >= 11 is 0. The second-order valence-corrected chi connectivity index (χ2v) is 8.74. The van der Waals surface area contributed by atoms with Gasteiger partial charge >= 0.3 is 59.6 Å². The molecule has 0 spiro atoms. The zero-order valence-corrected chi connectivity index (χ0v) is 8.33. The summed E-state index contributed by atoms with van der Waals surface area (Å²) in [6.07, 6.45) is 5.93. The molecule has 0 aliphatic carbocycles. The minimum absolute atomic E-state index is 0. The molecule has 0 saturated carbocycles. The quantitative estimate of drug-likeness (QED) is 0.539. The van der Waals surface area contributed by atoms with Gasteiger partial charge in [0.1, 0.15) is 0 Å². The summed E-state index contributed by atoms with van der Waals surface area (Å²) in [7, 11) is -0.691. The van der Waals surface area contributed by atoms with Gasteiger partial charge in [0.2, 0.25) is 0 Å². The van der Waals surface area contributed by atoms with Gasteiger partial charge in [0, 0.05) is 1.43 Å². The first-order valence-electron chi connectivity index (χ1n) is 4.24. The van der Waals surface area contributed by atoms with Crippen LogP contribution in [-0.2, 0) is 0 Å². The van der Waals surface area contributed by atoms with Gasteiger partial charge in [-0.25, -0.2) is 0 Å². The molecule has 0 N–H and O–H groups in total. The normalized spacial score (nSPS) is 13.8. The first-order valence-corrected chi connectivity index (χ1v) is 7.07. The first kappa shape index (κ1) is 9.43. The fraction of sp³-hybridized carbons (Fsp3) is 1.00. The van der Waals surface area contributed by atoms with Crippen LogP contribution >= 0.6 is 7.26 Å². The number of hydrogen-bond donors (Lipinski definition) is 0. The van der Waals surface area contributed by atoms with Gasteiger partial charge in [0.15, 0.2) is 0 Å². The fourth-order valence-corrected chi connectivity index (χ4v) is 4.50. The van der Waals surface area contributed by atoms with Crippen LogP contribution in [0.2, 0.25) is 0 Å². The van der Waals surface area contributed by atoms with Gasteiger partial charge in [0.05, 0.1) is 0 Å². The molecule has 0 amide bonds. The molecule has 0 rings (SSSR count). The zero-order valence-electron chi connectivity index (χ0n) is 8.33. The minimum atomic E-state index is -0.691. The molecule has 0 fully saturated rings. The molecule has 0 aliphatic rings. The van der Waals surface area contributed by atoms with E-state index in [1.165, 1.54) is 24.6 Å². The minimum Gasteiger partial charge on any atom is 0 e. The molecule has 9 heavy (non-hydrogen) atoms. The van der Waals surface area contributed by atoms with Crippen LogP contribution in [-0.4, -0.2) is 24.6 Å². The van der Waals surface area contributed by atoms with Crippen molar-refractivity contribution in [1.29, 1.82) is 0 Å². The molecule has 1 heteroatoms. The summed E-state index contributed by atoms with van der Waals surface area (Å²) < 4.78 is 0. The van der Waals surface area contributed by atoms with E-state index in [0.29, 0.717) is 0 Å². The van der Waals surface area contributed by atoms with Gasteiger partial charge in [-0.1, -0.05) is 0 Å². The maximum Gasteiger partial charge on any atom is 0 e. The van der Waals surface area contributed by atoms with E-state index in [-0.39, 0.29) is 1.43 Å². The van der Waals surface area contributed by atoms with E-state index in [9.17, 15) is 0 Å². The Kier molecular flexibility index (Phi) is 4.48. The van der Waals surface area contributed by atoms with Crippen molar-refractivity contribution in [3.8, 4) is 0 Å². The van der Waals surface area contributed by atoms with E-state index < -0.39 is 7.26 Å². The largest absolute Gasteiger partial charge is 0 e. The molecule has 0 unspecified atom stereocenters. The van der Waals surface area contributed by atoms with Crippen LogP contribution < -0.4 is 0 Å². The first-order chi connectivity index (χ1) is 4.24. The molecule has 0 aromatic carbocycles. The van der Waals surface area contributed by atoms with Crippen molar-refractivity contribution < 1.29 is 1.43 Å². The van der Waals surface area contributed by atoms with Crippen molar-refractivity contribution in [2.45, 2.75) is 27.7 Å². The maximum atomic E-state index is 2.36. The van der Waals surface area contributed by atoms with Crippen molar-refractivity contribution in [2.24, 2.45) is 0 Å². The Hall–Kier alpha value is 0.430. The van der Waals surface area contributed by atoms with E-state index in [4.69, 9.17) is 0 Å². The zero-order chi connectivity index (χ0) is 7.33. The van der Waals surface area contributed by atoms with Crippen LogP contribution in [0.15, 0.2) is 0 Å². The van der Waals surface area contributed by atoms with Crippen molar-refractivity contribution in [1.82, 2.24) is 0 Å². The molecule has 0 bridgehead atoms. The summed E-state index contributed by atoms with van der Waals surface area (Å²) in [5, 5.41) is 0. The van der Waals surface area contributed by atoms with Crippen LogP contribution in [0.3, 0.4) is 0 Å². The summed E-state index contributed by atoms with van der Waals surface area (Å²) in [6, 6.07) is 0. The summed E-state index contributed by atoms with van der Waals surface area (Å²) in [5.74, 6) is 0. The van der Waals surface area contributed by atoms with E-state index in [1.807, 2.05) is 0 Å². The summed E-state index contributed by atoms with van der Waals surface area (Å²) in [4.78, 5) is 0. The predicted octanol–water partition coefficient (Wildman–Crippen LogP) is 2.93. The van der Waals surface area contributed by atoms with Gasteiger partial charge in [-0.05, 0) is 0 Å². The molecule has 0 heterocycles. The Labute approximate surface area is 61.9 Å². The molecule has 0 aromatic heterocycles. The average molecular weight is 149 g/mol. The second-order valence-electron chi connectivity index (χ2n) is 2.91. The van der Waals surface area contributed by atoms with E-state index in [1.54, 1.807) is 0 Å².